The van der Waals surface area contributed by atoms with Crippen LogP contribution in [0.15, 0.2) is 12.3 Å². The highest BCUT2D eigenvalue weighted by molar-refractivity contribution is 5.51. The quantitative estimate of drug-likeness (QED) is 0.798. The largest absolute Gasteiger partial charge is 0.397 e. The fourth-order valence-corrected chi connectivity index (χ4v) is 1.67. The summed E-state index contributed by atoms with van der Waals surface area (Å²) in [5.74, 6) is 0.903. The summed E-state index contributed by atoms with van der Waals surface area (Å²) in [5, 5.41) is 3.42. The van der Waals surface area contributed by atoms with Gasteiger partial charge in [-0.2, -0.15) is 0 Å². The van der Waals surface area contributed by atoms with Gasteiger partial charge < -0.3 is 11.1 Å². The topological polar surface area (TPSA) is 50.9 Å². The minimum Gasteiger partial charge on any atom is -0.397 e. The summed E-state index contributed by atoms with van der Waals surface area (Å²) in [4.78, 5) is 4.27. The van der Waals surface area contributed by atoms with Gasteiger partial charge in [-0.15, -0.1) is 0 Å². The first-order chi connectivity index (χ1) is 6.94. The van der Waals surface area contributed by atoms with Crippen LogP contribution in [0.1, 0.15) is 39.2 Å². The SMILES string of the molecule is CCCC(C)(C)Nc1cc(C)c(N)cn1. The first-order valence-electron chi connectivity index (χ1n) is 5.45. The molecule has 0 saturated heterocycles. The number of hydrogen-bond donors (Lipinski definition) is 2. The zero-order valence-corrected chi connectivity index (χ0v) is 10.1. The molecule has 0 unspecified atom stereocenters. The molecule has 0 radical (unpaired) electrons. The van der Waals surface area contributed by atoms with E-state index >= 15 is 0 Å². The monoisotopic (exact) mass is 207 g/mol. The van der Waals surface area contributed by atoms with Crippen LogP contribution in [0.4, 0.5) is 11.5 Å². The molecule has 15 heavy (non-hydrogen) atoms. The van der Waals surface area contributed by atoms with Gasteiger partial charge in [0.05, 0.1) is 11.9 Å². The molecule has 0 aliphatic rings. The van der Waals surface area contributed by atoms with Crippen molar-refractivity contribution in [3.8, 4) is 0 Å². The Balaban J connectivity index is 2.76. The second-order valence-corrected chi connectivity index (χ2v) is 4.69. The van der Waals surface area contributed by atoms with Crippen molar-refractivity contribution in [1.82, 2.24) is 4.98 Å². The van der Waals surface area contributed by atoms with Gasteiger partial charge in [-0.05, 0) is 38.8 Å². The smallest absolute Gasteiger partial charge is 0.126 e. The summed E-state index contributed by atoms with van der Waals surface area (Å²) in [7, 11) is 0. The second-order valence-electron chi connectivity index (χ2n) is 4.69. The average Bonchev–Trinajstić information content (AvgIpc) is 2.10. The third kappa shape index (κ3) is 3.42. The van der Waals surface area contributed by atoms with Crippen LogP contribution < -0.4 is 11.1 Å². The molecule has 0 aliphatic heterocycles. The van der Waals surface area contributed by atoms with E-state index in [-0.39, 0.29) is 5.54 Å². The number of hydrogen-bond acceptors (Lipinski definition) is 3. The van der Waals surface area contributed by atoms with Crippen molar-refractivity contribution in [1.29, 1.82) is 0 Å². The second kappa shape index (κ2) is 4.51. The zero-order valence-electron chi connectivity index (χ0n) is 10.1. The van der Waals surface area contributed by atoms with Gasteiger partial charge >= 0.3 is 0 Å². The summed E-state index contributed by atoms with van der Waals surface area (Å²) in [6.07, 6.45) is 3.99. The van der Waals surface area contributed by atoms with E-state index in [4.69, 9.17) is 5.73 Å². The number of nitrogens with two attached hydrogens (primary N) is 1. The number of nitrogens with zero attached hydrogens (tertiary/aromatic N) is 1. The van der Waals surface area contributed by atoms with Gasteiger partial charge in [0.25, 0.3) is 0 Å². The first kappa shape index (κ1) is 11.8. The molecule has 0 aromatic carbocycles. The van der Waals surface area contributed by atoms with E-state index in [2.05, 4.69) is 31.1 Å². The van der Waals surface area contributed by atoms with E-state index in [0.717, 1.165) is 29.9 Å². The molecule has 1 aromatic heterocycles. The van der Waals surface area contributed by atoms with Crippen molar-refractivity contribution in [3.63, 3.8) is 0 Å². The Bertz CT molecular complexity index is 332. The molecular formula is C12H21N3. The maximum Gasteiger partial charge on any atom is 0.126 e. The molecule has 1 heterocycles. The third-order valence-electron chi connectivity index (χ3n) is 2.49. The normalized spacial score (nSPS) is 11.5. The Kier molecular flexibility index (Phi) is 3.56. The Morgan fingerprint density at radius 1 is 1.47 bits per heavy atom. The molecule has 1 aromatic rings. The lowest BCUT2D eigenvalue weighted by Gasteiger charge is -2.26. The van der Waals surface area contributed by atoms with Crippen LogP contribution in [0.3, 0.4) is 0 Å². The van der Waals surface area contributed by atoms with E-state index in [0.29, 0.717) is 0 Å². The molecule has 0 bridgehead atoms. The van der Waals surface area contributed by atoms with Gasteiger partial charge in [-0.3, -0.25) is 0 Å². The fourth-order valence-electron chi connectivity index (χ4n) is 1.67. The number of aromatic nitrogens is 1. The number of nitrogen functional groups attached to an aromatic ring is 1. The van der Waals surface area contributed by atoms with Crippen molar-refractivity contribution in [2.45, 2.75) is 46.1 Å². The summed E-state index contributed by atoms with van der Waals surface area (Å²) in [5.41, 5.74) is 7.62. The van der Waals surface area contributed by atoms with Gasteiger partial charge in [0.2, 0.25) is 0 Å². The summed E-state index contributed by atoms with van der Waals surface area (Å²) >= 11 is 0. The Morgan fingerprint density at radius 3 is 2.67 bits per heavy atom. The number of pyridine rings is 1. The van der Waals surface area contributed by atoms with Crippen LogP contribution in [0.2, 0.25) is 0 Å². The number of nitrogens with one attached hydrogen (secondary N) is 1. The zero-order chi connectivity index (χ0) is 11.5. The van der Waals surface area contributed by atoms with Crippen LogP contribution in [-0.2, 0) is 0 Å². The van der Waals surface area contributed by atoms with Gasteiger partial charge in [0.1, 0.15) is 5.82 Å². The van der Waals surface area contributed by atoms with E-state index in [1.54, 1.807) is 6.20 Å². The van der Waals surface area contributed by atoms with E-state index in [9.17, 15) is 0 Å². The van der Waals surface area contributed by atoms with Crippen LogP contribution in [0, 0.1) is 6.92 Å². The summed E-state index contributed by atoms with van der Waals surface area (Å²) < 4.78 is 0. The highest BCUT2D eigenvalue weighted by atomic mass is 15.0. The fraction of sp³-hybridized carbons (Fsp3) is 0.583. The summed E-state index contributed by atoms with van der Waals surface area (Å²) in [6, 6.07) is 1.99. The molecule has 3 N–H and O–H groups in total. The third-order valence-corrected chi connectivity index (χ3v) is 2.49. The molecule has 3 nitrogen and oxygen atoms in total. The highest BCUT2D eigenvalue weighted by Crippen LogP contribution is 2.20. The molecule has 0 fully saturated rings. The molecule has 1 rings (SSSR count). The number of aryl methyl sites for hydroxylation is 1. The van der Waals surface area contributed by atoms with Crippen LogP contribution in [0.25, 0.3) is 0 Å². The average molecular weight is 207 g/mol. The van der Waals surface area contributed by atoms with Crippen molar-refractivity contribution in [2.24, 2.45) is 0 Å². The van der Waals surface area contributed by atoms with E-state index in [1.807, 2.05) is 13.0 Å². The van der Waals surface area contributed by atoms with Crippen LogP contribution in [0.5, 0.6) is 0 Å². The van der Waals surface area contributed by atoms with Crippen molar-refractivity contribution < 1.29 is 0 Å². The lowest BCUT2D eigenvalue weighted by atomic mass is 9.99. The van der Waals surface area contributed by atoms with Gasteiger partial charge in [0, 0.05) is 5.54 Å². The minimum atomic E-state index is 0.0876. The number of anilines is 2. The van der Waals surface area contributed by atoms with Crippen LogP contribution >= 0.6 is 0 Å². The predicted molar refractivity (Wildman–Crippen MR) is 66.0 cm³/mol. The first-order valence-corrected chi connectivity index (χ1v) is 5.45. The van der Waals surface area contributed by atoms with Crippen molar-refractivity contribution in [3.05, 3.63) is 17.8 Å². The molecule has 0 aliphatic carbocycles. The standard InChI is InChI=1S/C12H21N3/c1-5-6-12(3,4)15-11-7-9(2)10(13)8-14-11/h7-8H,5-6,13H2,1-4H3,(H,14,15). The Labute approximate surface area is 92.1 Å². The lowest BCUT2D eigenvalue weighted by molar-refractivity contribution is 0.509. The minimum absolute atomic E-state index is 0.0876. The molecule has 0 spiro atoms. The van der Waals surface area contributed by atoms with Gasteiger partial charge in [-0.25, -0.2) is 4.98 Å². The molecule has 0 atom stereocenters. The van der Waals surface area contributed by atoms with E-state index in [1.165, 1.54) is 0 Å². The Hall–Kier alpha value is -1.25. The molecule has 84 valence electrons. The van der Waals surface area contributed by atoms with Crippen molar-refractivity contribution in [2.75, 3.05) is 11.1 Å². The van der Waals surface area contributed by atoms with Gasteiger partial charge in [0.15, 0.2) is 0 Å². The van der Waals surface area contributed by atoms with Crippen LogP contribution in [-0.4, -0.2) is 10.5 Å². The predicted octanol–water partition coefficient (Wildman–Crippen LogP) is 2.96. The van der Waals surface area contributed by atoms with E-state index < -0.39 is 0 Å². The van der Waals surface area contributed by atoms with Gasteiger partial charge in [-0.1, -0.05) is 13.3 Å². The molecular weight excluding hydrogens is 186 g/mol. The maximum absolute atomic E-state index is 5.72. The summed E-state index contributed by atoms with van der Waals surface area (Å²) in [6.45, 7) is 8.55. The molecule has 0 saturated carbocycles. The number of rotatable bonds is 4. The molecule has 0 amide bonds. The molecule has 3 heteroatoms. The maximum atomic E-state index is 5.72. The Morgan fingerprint density at radius 2 is 2.13 bits per heavy atom. The van der Waals surface area contributed by atoms with Crippen molar-refractivity contribution >= 4 is 11.5 Å². The highest BCUT2D eigenvalue weighted by Gasteiger charge is 2.16. The lowest BCUT2D eigenvalue weighted by Crippen LogP contribution is -2.30.